The number of halogens is 4. The van der Waals surface area contributed by atoms with Crippen molar-refractivity contribution in [2.24, 2.45) is 0 Å². The Balaban J connectivity index is 1.87. The Bertz CT molecular complexity index is 1120. The number of anilines is 1. The molecule has 1 unspecified atom stereocenters. The minimum atomic E-state index is -4.52. The maximum Gasteiger partial charge on any atom is 0.433 e. The molecule has 0 bridgehead atoms. The Hall–Kier alpha value is -2.10. The summed E-state index contributed by atoms with van der Waals surface area (Å²) in [5.74, 6) is 0. The molecule has 0 amide bonds. The Morgan fingerprint density at radius 3 is 2.61 bits per heavy atom. The molecular weight excluding hydrogens is 431 g/mol. The number of benzene rings is 1. The molecule has 148 valence electrons. The summed E-state index contributed by atoms with van der Waals surface area (Å²) < 4.78 is 53.9. The normalized spacial score (nSPS) is 13.8. The molecule has 2 aromatic heterocycles. The smallest absolute Gasteiger partial charge is 0.288 e. The topological polar surface area (TPSA) is 54.9 Å². The van der Waals surface area contributed by atoms with Crippen LogP contribution in [0.4, 0.5) is 18.3 Å². The van der Waals surface area contributed by atoms with E-state index in [-0.39, 0.29) is 0 Å². The summed E-state index contributed by atoms with van der Waals surface area (Å²) in [6.45, 7) is 1.59. The molecule has 0 radical (unpaired) electrons. The minimum absolute atomic E-state index is 0.361. The first kappa shape index (κ1) is 20.6. The molecule has 3 rings (SSSR count). The number of aromatic nitrogens is 2. The molecule has 0 saturated heterocycles. The van der Waals surface area contributed by atoms with Crippen LogP contribution in [0.3, 0.4) is 0 Å². The van der Waals surface area contributed by atoms with Crippen molar-refractivity contribution in [2.45, 2.75) is 13.1 Å². The molecule has 4 nitrogen and oxygen atoms in total. The average molecular weight is 446 g/mol. The van der Waals surface area contributed by atoms with Crippen LogP contribution in [-0.4, -0.2) is 25.3 Å². The van der Waals surface area contributed by atoms with Crippen molar-refractivity contribution in [3.05, 3.63) is 64.3 Å². The number of pyridine rings is 1. The molecule has 1 aromatic carbocycles. The fourth-order valence-corrected chi connectivity index (χ4v) is 4.86. The maximum absolute atomic E-state index is 13.1. The van der Waals surface area contributed by atoms with Crippen molar-refractivity contribution in [3.8, 4) is 11.3 Å². The largest absolute Gasteiger partial charge is 0.433 e. The zero-order valence-corrected chi connectivity index (χ0v) is 17.1. The molecule has 0 aliphatic carbocycles. The summed E-state index contributed by atoms with van der Waals surface area (Å²) in [6, 6.07) is 9.33. The molecule has 0 spiro atoms. The second-order valence-corrected chi connectivity index (χ2v) is 9.78. The highest BCUT2D eigenvalue weighted by molar-refractivity contribution is 8.03. The molecule has 1 atom stereocenters. The average Bonchev–Trinajstić information content (AvgIpc) is 3.08. The summed E-state index contributed by atoms with van der Waals surface area (Å²) in [7, 11) is -2.77. The Labute approximate surface area is 169 Å². The van der Waals surface area contributed by atoms with E-state index in [9.17, 15) is 17.4 Å². The van der Waals surface area contributed by atoms with E-state index in [0.717, 1.165) is 17.8 Å². The summed E-state index contributed by atoms with van der Waals surface area (Å²) >= 11 is 7.26. The van der Waals surface area contributed by atoms with Crippen LogP contribution in [0.5, 0.6) is 0 Å². The van der Waals surface area contributed by atoms with Gasteiger partial charge in [-0.2, -0.15) is 13.2 Å². The van der Waals surface area contributed by atoms with Gasteiger partial charge in [0.2, 0.25) is 0 Å². The van der Waals surface area contributed by atoms with Crippen molar-refractivity contribution in [2.75, 3.05) is 11.0 Å². The monoisotopic (exact) mass is 445 g/mol. The van der Waals surface area contributed by atoms with Crippen LogP contribution in [0, 0.1) is 0 Å². The number of rotatable bonds is 4. The zero-order chi connectivity index (χ0) is 20.5. The standard InChI is InChI=1S/C18H15ClF3N3OS2/c1-11(13-6-7-16(23-9-13)18(20,21)22)28(2,26)25-17-24-15(10-27-17)12-4-3-5-14(19)8-12/h3-10H,1-2H3,(H,24,25,26). The molecule has 0 aliphatic rings. The van der Waals surface area contributed by atoms with Crippen LogP contribution >= 0.6 is 22.9 Å². The zero-order valence-electron chi connectivity index (χ0n) is 14.7. The highest BCUT2D eigenvalue weighted by Crippen LogP contribution is 2.28. The van der Waals surface area contributed by atoms with E-state index in [4.69, 9.17) is 11.6 Å². The van der Waals surface area contributed by atoms with E-state index >= 15 is 0 Å². The van der Waals surface area contributed by atoms with E-state index in [1.165, 1.54) is 23.7 Å². The molecule has 0 fully saturated rings. The third kappa shape index (κ3) is 4.65. The quantitative estimate of drug-likeness (QED) is 0.434. The SMILES string of the molecule is CC(c1ccc(C(F)(F)F)nc1)=S(C)(=O)Nc1nc(-c2cccc(Cl)c2)cs1. The second kappa shape index (κ2) is 7.73. The predicted octanol–water partition coefficient (Wildman–Crippen LogP) is 5.36. The first-order valence-electron chi connectivity index (χ1n) is 7.92. The predicted molar refractivity (Wildman–Crippen MR) is 109 cm³/mol. The van der Waals surface area contributed by atoms with Gasteiger partial charge in [-0.15, -0.1) is 11.3 Å². The van der Waals surface area contributed by atoms with Crippen molar-refractivity contribution in [3.63, 3.8) is 0 Å². The van der Waals surface area contributed by atoms with E-state index in [2.05, 4.69) is 14.7 Å². The molecule has 0 saturated carbocycles. The Kier molecular flexibility index (Phi) is 5.69. The van der Waals surface area contributed by atoms with Crippen LogP contribution in [0.15, 0.2) is 48.0 Å². The first-order valence-corrected chi connectivity index (χ1v) is 11.1. The Morgan fingerprint density at radius 1 is 1.25 bits per heavy atom. The number of thiazole rings is 1. The van der Waals surface area contributed by atoms with Crippen LogP contribution in [-0.2, 0) is 15.9 Å². The van der Waals surface area contributed by atoms with Gasteiger partial charge in [-0.05, 0) is 25.1 Å². The lowest BCUT2D eigenvalue weighted by molar-refractivity contribution is -0.141. The molecule has 3 aromatic rings. The van der Waals surface area contributed by atoms with Crippen molar-refractivity contribution >= 4 is 42.6 Å². The van der Waals surface area contributed by atoms with Gasteiger partial charge >= 0.3 is 6.18 Å². The number of hydrogen-bond acceptors (Lipinski definition) is 4. The lowest BCUT2D eigenvalue weighted by Crippen LogP contribution is -2.20. The van der Waals surface area contributed by atoms with E-state index in [1.807, 2.05) is 12.1 Å². The maximum atomic E-state index is 13.1. The third-order valence-corrected chi connectivity index (χ3v) is 7.06. The van der Waals surface area contributed by atoms with E-state index in [0.29, 0.717) is 26.3 Å². The van der Waals surface area contributed by atoms with Gasteiger partial charge in [0.1, 0.15) is 5.69 Å². The minimum Gasteiger partial charge on any atom is -0.288 e. The highest BCUT2D eigenvalue weighted by atomic mass is 35.5. The van der Waals surface area contributed by atoms with Gasteiger partial charge in [-0.3, -0.25) is 9.71 Å². The van der Waals surface area contributed by atoms with Crippen molar-refractivity contribution < 1.29 is 17.4 Å². The fraction of sp³-hybridized carbons (Fsp3) is 0.167. The summed E-state index contributed by atoms with van der Waals surface area (Å²) in [6.07, 6.45) is -1.97. The molecule has 28 heavy (non-hydrogen) atoms. The van der Waals surface area contributed by atoms with E-state index < -0.39 is 21.6 Å². The van der Waals surface area contributed by atoms with Crippen LogP contribution in [0.25, 0.3) is 11.3 Å². The lowest BCUT2D eigenvalue weighted by atomic mass is 10.2. The third-order valence-electron chi connectivity index (χ3n) is 3.95. The van der Waals surface area contributed by atoms with Gasteiger partial charge in [0, 0.05) is 38.8 Å². The number of nitrogens with one attached hydrogen (secondary N) is 1. The Morgan fingerprint density at radius 2 is 2.00 bits per heavy atom. The van der Waals surface area contributed by atoms with Gasteiger partial charge in [0.05, 0.1) is 15.4 Å². The van der Waals surface area contributed by atoms with Crippen molar-refractivity contribution in [1.82, 2.24) is 9.97 Å². The van der Waals surface area contributed by atoms with Crippen LogP contribution in [0.1, 0.15) is 18.2 Å². The molecule has 2 heterocycles. The molecule has 1 N–H and O–H groups in total. The molecule has 0 aliphatic heterocycles. The second-order valence-electron chi connectivity index (χ2n) is 5.98. The first-order chi connectivity index (χ1) is 13.1. The van der Waals surface area contributed by atoms with Gasteiger partial charge in [-0.25, -0.2) is 9.19 Å². The lowest BCUT2D eigenvalue weighted by Gasteiger charge is -2.12. The molecule has 10 heteroatoms. The van der Waals surface area contributed by atoms with Gasteiger partial charge in [-0.1, -0.05) is 29.8 Å². The number of nitrogens with zero attached hydrogens (tertiary/aromatic N) is 2. The van der Waals surface area contributed by atoms with Crippen LogP contribution < -0.4 is 4.72 Å². The van der Waals surface area contributed by atoms with Gasteiger partial charge in [0.15, 0.2) is 5.13 Å². The van der Waals surface area contributed by atoms with E-state index in [1.54, 1.807) is 24.4 Å². The number of hydrogen-bond donors (Lipinski definition) is 1. The van der Waals surface area contributed by atoms with Crippen molar-refractivity contribution in [1.29, 1.82) is 0 Å². The highest BCUT2D eigenvalue weighted by Gasteiger charge is 2.32. The summed E-state index contributed by atoms with van der Waals surface area (Å²) in [4.78, 5) is 8.22. The summed E-state index contributed by atoms with van der Waals surface area (Å²) in [5, 5.41) is 2.82. The van der Waals surface area contributed by atoms with Gasteiger partial charge < -0.3 is 0 Å². The molecular formula is C18H15ClF3N3OS2. The summed E-state index contributed by atoms with van der Waals surface area (Å²) in [5.41, 5.74) is 0.872. The van der Waals surface area contributed by atoms with Gasteiger partial charge in [0.25, 0.3) is 0 Å². The van der Waals surface area contributed by atoms with Crippen LogP contribution in [0.2, 0.25) is 5.02 Å². The number of alkyl halides is 3. The fourth-order valence-electron chi connectivity index (χ4n) is 2.34.